The number of hydrogen-bond donors (Lipinski definition) is 4. The Hall–Kier alpha value is -1.66. The highest BCUT2D eigenvalue weighted by molar-refractivity contribution is 5.67. The molecule has 0 aliphatic carbocycles. The predicted molar refractivity (Wildman–Crippen MR) is 51.9 cm³/mol. The lowest BCUT2D eigenvalue weighted by Crippen LogP contribution is -2.22. The molecule has 5 N–H and O–H groups in total. The number of nitrogen functional groups attached to an aromatic ring is 1. The first-order chi connectivity index (χ1) is 7.00. The largest absolute Gasteiger partial charge is 0.481 e. The summed E-state index contributed by atoms with van der Waals surface area (Å²) in [6, 6.07) is 2.95. The van der Waals surface area contributed by atoms with Gasteiger partial charge in [-0.05, 0) is 12.1 Å². The molecule has 0 radical (unpaired) electrons. The van der Waals surface area contributed by atoms with Crippen LogP contribution in [-0.4, -0.2) is 32.4 Å². The van der Waals surface area contributed by atoms with E-state index in [0.29, 0.717) is 5.69 Å². The quantitative estimate of drug-likeness (QED) is 0.536. The summed E-state index contributed by atoms with van der Waals surface area (Å²) in [4.78, 5) is 14.1. The van der Waals surface area contributed by atoms with Crippen molar-refractivity contribution in [2.75, 3.05) is 5.73 Å². The van der Waals surface area contributed by atoms with Crippen molar-refractivity contribution in [3.8, 4) is 0 Å². The molecule has 0 saturated heterocycles. The fraction of sp³-hybridized carbons (Fsp3) is 0.333. The van der Waals surface area contributed by atoms with Crippen LogP contribution in [0.15, 0.2) is 18.3 Å². The van der Waals surface area contributed by atoms with Crippen molar-refractivity contribution in [3.63, 3.8) is 0 Å². The molecule has 0 fully saturated rings. The zero-order valence-electron chi connectivity index (χ0n) is 7.87. The molecular formula is C9H12N2O4. The van der Waals surface area contributed by atoms with E-state index in [9.17, 15) is 15.0 Å². The molecule has 0 spiro atoms. The standard InChI is InChI=1S/C9H12N2O4/c10-5-1-2-6(11-4-5)9(15)7(12)3-8(13)14/h1-2,4,7,9,12,15H,3,10H2,(H,13,14). The average molecular weight is 212 g/mol. The summed E-state index contributed by atoms with van der Waals surface area (Å²) in [6.07, 6.45) is -1.90. The van der Waals surface area contributed by atoms with Crippen LogP contribution >= 0.6 is 0 Å². The van der Waals surface area contributed by atoms with Gasteiger partial charge in [-0.2, -0.15) is 0 Å². The fourth-order valence-corrected chi connectivity index (χ4v) is 1.08. The van der Waals surface area contributed by atoms with Crippen LogP contribution in [0.25, 0.3) is 0 Å². The Balaban J connectivity index is 2.71. The van der Waals surface area contributed by atoms with Gasteiger partial charge in [-0.1, -0.05) is 0 Å². The summed E-state index contributed by atoms with van der Waals surface area (Å²) in [7, 11) is 0. The lowest BCUT2D eigenvalue weighted by Gasteiger charge is -2.15. The minimum Gasteiger partial charge on any atom is -0.481 e. The zero-order chi connectivity index (χ0) is 11.4. The molecule has 1 rings (SSSR count). The van der Waals surface area contributed by atoms with E-state index in [-0.39, 0.29) is 5.69 Å². The normalized spacial score (nSPS) is 14.5. The highest BCUT2D eigenvalue weighted by Gasteiger charge is 2.21. The zero-order valence-corrected chi connectivity index (χ0v) is 7.87. The van der Waals surface area contributed by atoms with Crippen LogP contribution < -0.4 is 5.73 Å². The molecule has 0 aliphatic heterocycles. The van der Waals surface area contributed by atoms with Crippen LogP contribution in [0, 0.1) is 0 Å². The van der Waals surface area contributed by atoms with Gasteiger partial charge in [0.2, 0.25) is 0 Å². The number of nitrogens with zero attached hydrogens (tertiary/aromatic N) is 1. The smallest absolute Gasteiger partial charge is 0.306 e. The maximum atomic E-state index is 10.3. The number of carboxylic acids is 1. The van der Waals surface area contributed by atoms with E-state index >= 15 is 0 Å². The van der Waals surface area contributed by atoms with Gasteiger partial charge in [0.15, 0.2) is 0 Å². The number of aliphatic hydroxyl groups is 2. The van der Waals surface area contributed by atoms with E-state index in [1.165, 1.54) is 18.3 Å². The maximum absolute atomic E-state index is 10.3. The minimum atomic E-state index is -1.38. The molecule has 1 aromatic rings. The molecule has 0 saturated carbocycles. The first-order valence-electron chi connectivity index (χ1n) is 4.30. The molecule has 2 atom stereocenters. The second kappa shape index (κ2) is 4.72. The maximum Gasteiger partial charge on any atom is 0.306 e. The summed E-state index contributed by atoms with van der Waals surface area (Å²) in [5.74, 6) is -1.18. The third-order valence-electron chi connectivity index (χ3n) is 1.86. The third kappa shape index (κ3) is 3.19. The van der Waals surface area contributed by atoms with Crippen molar-refractivity contribution in [2.45, 2.75) is 18.6 Å². The summed E-state index contributed by atoms with van der Waals surface area (Å²) in [6.45, 7) is 0. The van der Waals surface area contributed by atoms with Crippen molar-refractivity contribution < 1.29 is 20.1 Å². The van der Waals surface area contributed by atoms with Crippen molar-refractivity contribution in [1.82, 2.24) is 4.98 Å². The van der Waals surface area contributed by atoms with Gasteiger partial charge >= 0.3 is 5.97 Å². The third-order valence-corrected chi connectivity index (χ3v) is 1.86. The Labute approximate surface area is 86.0 Å². The topological polar surface area (TPSA) is 117 Å². The van der Waals surface area contributed by atoms with Crippen LogP contribution in [0.4, 0.5) is 5.69 Å². The Morgan fingerprint density at radius 1 is 1.47 bits per heavy atom. The number of aliphatic hydroxyl groups excluding tert-OH is 2. The number of anilines is 1. The monoisotopic (exact) mass is 212 g/mol. The number of carbonyl (C=O) groups is 1. The van der Waals surface area contributed by atoms with Crippen LogP contribution in [0.5, 0.6) is 0 Å². The second-order valence-electron chi connectivity index (χ2n) is 3.13. The number of nitrogens with two attached hydrogens (primary N) is 1. The second-order valence-corrected chi connectivity index (χ2v) is 3.13. The van der Waals surface area contributed by atoms with Crippen molar-refractivity contribution in [1.29, 1.82) is 0 Å². The molecule has 2 unspecified atom stereocenters. The Morgan fingerprint density at radius 2 is 2.13 bits per heavy atom. The molecule has 0 aliphatic rings. The molecule has 6 nitrogen and oxygen atoms in total. The number of aliphatic carboxylic acids is 1. The minimum absolute atomic E-state index is 0.193. The van der Waals surface area contributed by atoms with Crippen LogP contribution in [0.3, 0.4) is 0 Å². The molecule has 0 amide bonds. The lowest BCUT2D eigenvalue weighted by molar-refractivity contribution is -0.141. The van der Waals surface area contributed by atoms with Gasteiger partial charge in [-0.25, -0.2) is 0 Å². The molecular weight excluding hydrogens is 200 g/mol. The number of pyridine rings is 1. The number of hydrogen-bond acceptors (Lipinski definition) is 5. The summed E-state index contributed by atoms with van der Waals surface area (Å²) in [5, 5.41) is 27.2. The number of rotatable bonds is 4. The van der Waals surface area contributed by atoms with Gasteiger partial charge in [0.05, 0.1) is 30.1 Å². The van der Waals surface area contributed by atoms with Crippen molar-refractivity contribution in [3.05, 3.63) is 24.0 Å². The Morgan fingerprint density at radius 3 is 2.60 bits per heavy atom. The van der Waals surface area contributed by atoms with Crippen LogP contribution in [0.2, 0.25) is 0 Å². The first kappa shape index (κ1) is 11.4. The average Bonchev–Trinajstić information content (AvgIpc) is 2.17. The van der Waals surface area contributed by atoms with E-state index in [2.05, 4.69) is 4.98 Å². The molecule has 1 aromatic heterocycles. The number of carboxylic acid groups (broad SMARTS) is 1. The van der Waals surface area contributed by atoms with Gasteiger partial charge in [-0.3, -0.25) is 9.78 Å². The SMILES string of the molecule is Nc1ccc(C(O)C(O)CC(=O)O)nc1. The number of aromatic nitrogens is 1. The highest BCUT2D eigenvalue weighted by Crippen LogP contribution is 2.17. The molecule has 1 heterocycles. The molecule has 15 heavy (non-hydrogen) atoms. The van der Waals surface area contributed by atoms with Gasteiger partial charge in [0, 0.05) is 0 Å². The van der Waals surface area contributed by atoms with Gasteiger partial charge < -0.3 is 21.1 Å². The van der Waals surface area contributed by atoms with E-state index in [1.54, 1.807) is 0 Å². The molecule has 0 bridgehead atoms. The van der Waals surface area contributed by atoms with Gasteiger partial charge in [0.1, 0.15) is 6.10 Å². The summed E-state index contributed by atoms with van der Waals surface area (Å²) < 4.78 is 0. The lowest BCUT2D eigenvalue weighted by atomic mass is 10.1. The highest BCUT2D eigenvalue weighted by atomic mass is 16.4. The fourth-order valence-electron chi connectivity index (χ4n) is 1.08. The van der Waals surface area contributed by atoms with Gasteiger partial charge in [-0.15, -0.1) is 0 Å². The van der Waals surface area contributed by atoms with E-state index in [1.807, 2.05) is 0 Å². The molecule has 82 valence electrons. The van der Waals surface area contributed by atoms with Crippen LogP contribution in [0.1, 0.15) is 18.2 Å². The Bertz CT molecular complexity index is 338. The van der Waals surface area contributed by atoms with Crippen molar-refractivity contribution >= 4 is 11.7 Å². The van der Waals surface area contributed by atoms with Crippen LogP contribution in [-0.2, 0) is 4.79 Å². The molecule has 6 heteroatoms. The first-order valence-corrected chi connectivity index (χ1v) is 4.30. The molecule has 0 aromatic carbocycles. The predicted octanol–water partition coefficient (Wildman–Crippen LogP) is -0.467. The Kier molecular flexibility index (Phi) is 3.59. The van der Waals surface area contributed by atoms with Crippen molar-refractivity contribution in [2.24, 2.45) is 0 Å². The van der Waals surface area contributed by atoms with E-state index in [0.717, 1.165) is 0 Å². The van der Waals surface area contributed by atoms with E-state index < -0.39 is 24.6 Å². The summed E-state index contributed by atoms with van der Waals surface area (Å²) >= 11 is 0. The van der Waals surface area contributed by atoms with E-state index in [4.69, 9.17) is 10.8 Å². The van der Waals surface area contributed by atoms with Gasteiger partial charge in [0.25, 0.3) is 0 Å². The summed E-state index contributed by atoms with van der Waals surface area (Å²) in [5.41, 5.74) is 6.00.